The first kappa shape index (κ1) is 17.7. The number of rotatable bonds is 5. The molecule has 2 N–H and O–H groups in total. The summed E-state index contributed by atoms with van der Waals surface area (Å²) in [6.07, 6.45) is -0.110. The molecule has 126 valence electrons. The Kier molecular flexibility index (Phi) is 5.36. The van der Waals surface area contributed by atoms with Crippen molar-refractivity contribution < 1.29 is 14.7 Å². The van der Waals surface area contributed by atoms with Crippen LogP contribution in [0, 0.1) is 0 Å². The number of carbonyl (C=O) groups excluding carboxylic acids is 2. The van der Waals surface area contributed by atoms with E-state index in [0.29, 0.717) is 16.8 Å². The Balaban J connectivity index is 2.15. The van der Waals surface area contributed by atoms with Gasteiger partial charge in [0.05, 0.1) is 23.3 Å². The molecule has 0 saturated carbocycles. The van der Waals surface area contributed by atoms with Gasteiger partial charge in [-0.15, -0.1) is 0 Å². The smallest absolute Gasteiger partial charge is 0.255 e. The highest BCUT2D eigenvalue weighted by atomic mass is 16.3. The lowest BCUT2D eigenvalue weighted by Crippen LogP contribution is -2.29. The lowest BCUT2D eigenvalue weighted by Gasteiger charge is -2.23. The molecular weight excluding hydrogens is 304 g/mol. The highest BCUT2D eigenvalue weighted by Crippen LogP contribution is 2.25. The molecule has 0 unspecified atom stereocenters. The van der Waals surface area contributed by atoms with Crippen molar-refractivity contribution in [2.45, 2.75) is 18.9 Å². The van der Waals surface area contributed by atoms with E-state index < -0.39 is 5.60 Å². The molecule has 2 aromatic carbocycles. The minimum Gasteiger partial charge on any atom is -0.385 e. The van der Waals surface area contributed by atoms with Crippen molar-refractivity contribution in [1.82, 2.24) is 4.90 Å². The fraction of sp³-hybridized carbons (Fsp3) is 0.263. The van der Waals surface area contributed by atoms with Crippen LogP contribution in [-0.2, 0) is 10.4 Å². The molecule has 5 heteroatoms. The van der Waals surface area contributed by atoms with Gasteiger partial charge in [0.1, 0.15) is 0 Å². The van der Waals surface area contributed by atoms with Crippen LogP contribution in [-0.4, -0.2) is 35.9 Å². The summed E-state index contributed by atoms with van der Waals surface area (Å²) in [5.41, 5.74) is 0.226. The van der Waals surface area contributed by atoms with Gasteiger partial charge in [-0.2, -0.15) is 0 Å². The molecule has 0 bridgehead atoms. The standard InChI is InChI=1S/C19H22N2O3/c1-19(24,14-9-5-4-6-10-14)13-17(22)20-16-12-8-7-11-15(16)18(23)21(2)3/h4-12,24H,13H2,1-3H3,(H,20,22)/t19-/m1/s1. The normalized spacial score (nSPS) is 13.0. The van der Waals surface area contributed by atoms with Gasteiger partial charge in [0.2, 0.25) is 5.91 Å². The van der Waals surface area contributed by atoms with Crippen molar-refractivity contribution in [3.63, 3.8) is 0 Å². The number of hydrogen-bond acceptors (Lipinski definition) is 3. The maximum atomic E-state index is 12.4. The van der Waals surface area contributed by atoms with E-state index in [-0.39, 0.29) is 18.2 Å². The molecule has 24 heavy (non-hydrogen) atoms. The molecule has 2 rings (SSSR count). The minimum atomic E-state index is -1.29. The molecule has 1 atom stereocenters. The summed E-state index contributed by atoms with van der Waals surface area (Å²) < 4.78 is 0. The number of aliphatic hydroxyl groups is 1. The third-order valence-corrected chi connectivity index (χ3v) is 3.74. The Morgan fingerprint density at radius 3 is 2.25 bits per heavy atom. The Labute approximate surface area is 141 Å². The van der Waals surface area contributed by atoms with Crippen LogP contribution >= 0.6 is 0 Å². The fourth-order valence-electron chi connectivity index (χ4n) is 2.43. The van der Waals surface area contributed by atoms with Crippen LogP contribution in [0.25, 0.3) is 0 Å². The molecule has 0 saturated heterocycles. The number of nitrogens with zero attached hydrogens (tertiary/aromatic N) is 1. The Morgan fingerprint density at radius 1 is 1.04 bits per heavy atom. The van der Waals surface area contributed by atoms with E-state index in [1.54, 1.807) is 57.4 Å². The van der Waals surface area contributed by atoms with Gasteiger partial charge in [0.25, 0.3) is 5.91 Å². The van der Waals surface area contributed by atoms with Gasteiger partial charge >= 0.3 is 0 Å². The molecule has 5 nitrogen and oxygen atoms in total. The van der Waals surface area contributed by atoms with Crippen LogP contribution in [0.2, 0.25) is 0 Å². The summed E-state index contributed by atoms with van der Waals surface area (Å²) in [4.78, 5) is 26.0. The molecule has 2 aromatic rings. The molecule has 0 fully saturated rings. The van der Waals surface area contributed by atoms with Gasteiger partial charge in [0, 0.05) is 14.1 Å². The van der Waals surface area contributed by atoms with Gasteiger partial charge < -0.3 is 15.3 Å². The second-order valence-electron chi connectivity index (χ2n) is 6.11. The first-order chi connectivity index (χ1) is 11.3. The van der Waals surface area contributed by atoms with Gasteiger partial charge in [-0.25, -0.2) is 0 Å². The quantitative estimate of drug-likeness (QED) is 0.887. The molecule has 2 amide bonds. The zero-order valence-corrected chi connectivity index (χ0v) is 14.1. The number of hydrogen-bond donors (Lipinski definition) is 2. The maximum Gasteiger partial charge on any atom is 0.255 e. The van der Waals surface area contributed by atoms with Crippen molar-refractivity contribution >= 4 is 17.5 Å². The summed E-state index contributed by atoms with van der Waals surface area (Å²) in [7, 11) is 3.31. The fourth-order valence-corrected chi connectivity index (χ4v) is 2.43. The van der Waals surface area contributed by atoms with Gasteiger partial charge in [-0.1, -0.05) is 42.5 Å². The van der Waals surface area contributed by atoms with E-state index in [4.69, 9.17) is 0 Å². The van der Waals surface area contributed by atoms with E-state index in [0.717, 1.165) is 0 Å². The molecular formula is C19H22N2O3. The van der Waals surface area contributed by atoms with Crippen molar-refractivity contribution in [2.75, 3.05) is 19.4 Å². The zero-order chi connectivity index (χ0) is 17.7. The molecule has 0 aliphatic carbocycles. The molecule has 0 radical (unpaired) electrons. The van der Waals surface area contributed by atoms with Crippen LogP contribution in [0.15, 0.2) is 54.6 Å². The van der Waals surface area contributed by atoms with E-state index >= 15 is 0 Å². The SMILES string of the molecule is CN(C)C(=O)c1ccccc1NC(=O)C[C@@](C)(O)c1ccccc1. The van der Waals surface area contributed by atoms with Crippen molar-refractivity contribution in [1.29, 1.82) is 0 Å². The first-order valence-electron chi connectivity index (χ1n) is 7.70. The molecule has 0 heterocycles. The van der Waals surface area contributed by atoms with E-state index in [1.165, 1.54) is 4.90 Å². The summed E-state index contributed by atoms with van der Waals surface area (Å²) in [5.74, 6) is -0.552. The van der Waals surface area contributed by atoms with E-state index in [2.05, 4.69) is 5.32 Å². The van der Waals surface area contributed by atoms with Crippen LogP contribution in [0.1, 0.15) is 29.3 Å². The average molecular weight is 326 g/mol. The van der Waals surface area contributed by atoms with Crippen molar-refractivity contribution in [2.24, 2.45) is 0 Å². The molecule has 0 aliphatic rings. The lowest BCUT2D eigenvalue weighted by atomic mass is 9.92. The van der Waals surface area contributed by atoms with Crippen LogP contribution in [0.4, 0.5) is 5.69 Å². The summed E-state index contributed by atoms with van der Waals surface area (Å²) in [6, 6.07) is 15.8. The van der Waals surface area contributed by atoms with Gasteiger partial charge in [0.15, 0.2) is 0 Å². The number of anilines is 1. The third-order valence-electron chi connectivity index (χ3n) is 3.74. The number of para-hydroxylation sites is 1. The molecule has 0 aliphatic heterocycles. The van der Waals surface area contributed by atoms with Crippen LogP contribution in [0.3, 0.4) is 0 Å². The van der Waals surface area contributed by atoms with Crippen LogP contribution < -0.4 is 5.32 Å². The van der Waals surface area contributed by atoms with Crippen molar-refractivity contribution in [3.8, 4) is 0 Å². The topological polar surface area (TPSA) is 69.6 Å². The maximum absolute atomic E-state index is 12.4. The van der Waals surface area contributed by atoms with Crippen LogP contribution in [0.5, 0.6) is 0 Å². The van der Waals surface area contributed by atoms with Gasteiger partial charge in [-0.3, -0.25) is 9.59 Å². The van der Waals surface area contributed by atoms with Gasteiger partial charge in [-0.05, 0) is 24.6 Å². The molecule has 0 spiro atoms. The first-order valence-corrected chi connectivity index (χ1v) is 7.70. The Morgan fingerprint density at radius 2 is 1.62 bits per heavy atom. The van der Waals surface area contributed by atoms with E-state index in [9.17, 15) is 14.7 Å². The predicted octanol–water partition coefficient (Wildman–Crippen LogP) is 2.62. The Hall–Kier alpha value is -2.66. The number of amides is 2. The highest BCUT2D eigenvalue weighted by molar-refractivity contribution is 6.03. The summed E-state index contributed by atoms with van der Waals surface area (Å²) in [6.45, 7) is 1.60. The second kappa shape index (κ2) is 7.27. The Bertz CT molecular complexity index is 724. The predicted molar refractivity (Wildman–Crippen MR) is 93.7 cm³/mol. The number of carbonyl (C=O) groups is 2. The number of benzene rings is 2. The van der Waals surface area contributed by atoms with E-state index in [1.807, 2.05) is 18.2 Å². The van der Waals surface area contributed by atoms with Crippen molar-refractivity contribution in [3.05, 3.63) is 65.7 Å². The number of nitrogens with one attached hydrogen (secondary N) is 1. The minimum absolute atomic E-state index is 0.110. The highest BCUT2D eigenvalue weighted by Gasteiger charge is 2.27. The lowest BCUT2D eigenvalue weighted by molar-refractivity contribution is -0.120. The largest absolute Gasteiger partial charge is 0.385 e. The average Bonchev–Trinajstić information content (AvgIpc) is 2.55. The molecule has 0 aromatic heterocycles. The monoisotopic (exact) mass is 326 g/mol. The summed E-state index contributed by atoms with van der Waals surface area (Å²) in [5, 5.41) is 13.3. The third kappa shape index (κ3) is 4.20. The second-order valence-corrected chi connectivity index (χ2v) is 6.11. The zero-order valence-electron chi connectivity index (χ0n) is 14.1. The summed E-state index contributed by atoms with van der Waals surface area (Å²) >= 11 is 0.